The van der Waals surface area contributed by atoms with Crippen LogP contribution in [0.2, 0.25) is 5.02 Å². The monoisotopic (exact) mass is 667 g/mol. The van der Waals surface area contributed by atoms with Crippen molar-refractivity contribution >= 4 is 41.0 Å². The SMILES string of the molecule is CNC(=O)c1ccc(-c2cccc3c2CCN(C(=O)c2cn(-c4cccc(Cl)c4F)nn2)[C@@H]3C(=O)Nc2ccc(C(=O)OC)cc2)cn1. The molecule has 3 aromatic carbocycles. The highest BCUT2D eigenvalue weighted by Gasteiger charge is 2.38. The summed E-state index contributed by atoms with van der Waals surface area (Å²) in [5.74, 6) is -2.69. The number of esters is 1. The zero-order valence-electron chi connectivity index (χ0n) is 25.6. The van der Waals surface area contributed by atoms with Gasteiger partial charge in [-0.1, -0.05) is 47.1 Å². The first kappa shape index (κ1) is 32.0. The van der Waals surface area contributed by atoms with E-state index in [1.165, 1.54) is 49.5 Å². The predicted molar refractivity (Wildman–Crippen MR) is 173 cm³/mol. The molecule has 0 saturated heterocycles. The largest absolute Gasteiger partial charge is 0.465 e. The summed E-state index contributed by atoms with van der Waals surface area (Å²) in [7, 11) is 2.79. The van der Waals surface area contributed by atoms with Gasteiger partial charge in [-0.15, -0.1) is 5.10 Å². The molecule has 6 rings (SSSR count). The Morgan fingerprint density at radius 1 is 0.979 bits per heavy atom. The lowest BCUT2D eigenvalue weighted by Crippen LogP contribution is -2.45. The van der Waals surface area contributed by atoms with Gasteiger partial charge >= 0.3 is 5.97 Å². The van der Waals surface area contributed by atoms with Crippen molar-refractivity contribution in [3.8, 4) is 16.8 Å². The van der Waals surface area contributed by atoms with Crippen molar-refractivity contribution in [2.75, 3.05) is 26.0 Å². The minimum absolute atomic E-state index is 0.00317. The molecule has 2 N–H and O–H groups in total. The highest BCUT2D eigenvalue weighted by molar-refractivity contribution is 6.30. The van der Waals surface area contributed by atoms with Gasteiger partial charge in [0, 0.05) is 31.0 Å². The third-order valence-corrected chi connectivity index (χ3v) is 8.22. The van der Waals surface area contributed by atoms with Crippen molar-refractivity contribution < 1.29 is 28.3 Å². The Hall–Kier alpha value is -5.95. The maximum Gasteiger partial charge on any atom is 0.337 e. The molecule has 0 aliphatic carbocycles. The molecule has 1 aliphatic rings. The van der Waals surface area contributed by atoms with Crippen molar-refractivity contribution in [3.63, 3.8) is 0 Å². The predicted octanol–water partition coefficient (Wildman–Crippen LogP) is 4.65. The Morgan fingerprint density at radius 2 is 1.75 bits per heavy atom. The van der Waals surface area contributed by atoms with Gasteiger partial charge < -0.3 is 20.3 Å². The van der Waals surface area contributed by atoms with Crippen molar-refractivity contribution in [2.24, 2.45) is 0 Å². The van der Waals surface area contributed by atoms with Crippen LogP contribution in [-0.4, -0.2) is 69.3 Å². The maximum atomic E-state index is 14.7. The van der Waals surface area contributed by atoms with Gasteiger partial charge in [0.15, 0.2) is 11.5 Å². The number of pyridine rings is 1. The van der Waals surface area contributed by atoms with Crippen molar-refractivity contribution in [3.05, 3.63) is 124 Å². The molecule has 0 bridgehead atoms. The standard InChI is InChI=1S/C34H27ClFN7O5/c1-37-31(44)26-14-11-20(17-38-26)22-5-3-6-24-23(22)15-16-42(30(24)32(45)39-21-12-9-19(10-13-21)34(47)48-2)33(46)27-18-43(41-40-27)28-8-4-7-25(35)29(28)36/h3-14,17-18,30H,15-16H2,1-2H3,(H,37,44)(H,39,45)/t30-/m0/s1. The fourth-order valence-electron chi connectivity index (χ4n) is 5.57. The molecule has 3 heterocycles. The number of rotatable bonds is 7. The molecule has 12 nitrogen and oxygen atoms in total. The van der Waals surface area contributed by atoms with Gasteiger partial charge in [-0.3, -0.25) is 19.4 Å². The highest BCUT2D eigenvalue weighted by Crippen LogP contribution is 2.37. The number of methoxy groups -OCH3 is 1. The van der Waals surface area contributed by atoms with Crippen molar-refractivity contribution in [2.45, 2.75) is 12.5 Å². The number of halogens is 2. The summed E-state index contributed by atoms with van der Waals surface area (Å²) in [4.78, 5) is 57.8. The van der Waals surface area contributed by atoms with Crippen LogP contribution in [0, 0.1) is 5.82 Å². The minimum Gasteiger partial charge on any atom is -0.465 e. The summed E-state index contributed by atoms with van der Waals surface area (Å²) in [6.07, 6.45) is 3.25. The van der Waals surface area contributed by atoms with Crippen LogP contribution in [-0.2, 0) is 16.0 Å². The Labute approximate surface area is 278 Å². The van der Waals surface area contributed by atoms with Gasteiger partial charge in [0.2, 0.25) is 0 Å². The number of hydrogen-bond acceptors (Lipinski definition) is 8. The first-order valence-electron chi connectivity index (χ1n) is 14.7. The Balaban J connectivity index is 1.37. The average Bonchev–Trinajstić information content (AvgIpc) is 3.61. The summed E-state index contributed by atoms with van der Waals surface area (Å²) in [5, 5.41) is 13.2. The number of anilines is 1. The summed E-state index contributed by atoms with van der Waals surface area (Å²) >= 11 is 5.94. The molecule has 0 radical (unpaired) electrons. The summed E-state index contributed by atoms with van der Waals surface area (Å²) in [6.45, 7) is 0.129. The van der Waals surface area contributed by atoms with Gasteiger partial charge in [-0.2, -0.15) is 0 Å². The number of hydrogen-bond donors (Lipinski definition) is 2. The number of nitrogens with one attached hydrogen (secondary N) is 2. The average molecular weight is 668 g/mol. The van der Waals surface area contributed by atoms with E-state index in [1.807, 2.05) is 6.07 Å². The van der Waals surface area contributed by atoms with Crippen LogP contribution in [0.15, 0.2) is 85.2 Å². The summed E-state index contributed by atoms with van der Waals surface area (Å²) in [5.41, 5.74) is 3.74. The van der Waals surface area contributed by atoms with E-state index in [0.717, 1.165) is 21.4 Å². The molecule has 48 heavy (non-hydrogen) atoms. The lowest BCUT2D eigenvalue weighted by molar-refractivity contribution is -0.121. The Morgan fingerprint density at radius 3 is 2.46 bits per heavy atom. The molecule has 1 atom stereocenters. The van der Waals surface area contributed by atoms with Crippen LogP contribution >= 0.6 is 11.6 Å². The third-order valence-electron chi connectivity index (χ3n) is 7.93. The molecule has 0 fully saturated rings. The number of aromatic nitrogens is 4. The molecule has 5 aromatic rings. The van der Waals surface area contributed by atoms with Crippen LogP contribution in [0.4, 0.5) is 10.1 Å². The lowest BCUT2D eigenvalue weighted by atomic mass is 9.86. The maximum absolute atomic E-state index is 14.7. The second kappa shape index (κ2) is 13.4. The van der Waals surface area contributed by atoms with Crippen LogP contribution in [0.1, 0.15) is 48.5 Å². The smallest absolute Gasteiger partial charge is 0.337 e. The number of benzene rings is 3. The van der Waals surface area contributed by atoms with E-state index >= 15 is 0 Å². The minimum atomic E-state index is -1.12. The number of nitrogens with zero attached hydrogens (tertiary/aromatic N) is 5. The van der Waals surface area contributed by atoms with E-state index in [-0.39, 0.29) is 34.5 Å². The molecular formula is C34H27ClFN7O5. The number of carbonyl (C=O) groups is 4. The third kappa shape index (κ3) is 6.10. The molecule has 2 aromatic heterocycles. The van der Waals surface area contributed by atoms with E-state index < -0.39 is 29.6 Å². The Bertz CT molecular complexity index is 2050. The number of ether oxygens (including phenoxy) is 1. The van der Waals surface area contributed by atoms with E-state index in [9.17, 15) is 23.6 Å². The molecule has 14 heteroatoms. The number of amides is 3. The Kier molecular flexibility index (Phi) is 8.95. The molecule has 0 saturated carbocycles. The fourth-order valence-corrected chi connectivity index (χ4v) is 5.74. The second-order valence-electron chi connectivity index (χ2n) is 10.7. The number of fused-ring (bicyclic) bond motifs is 1. The summed E-state index contributed by atoms with van der Waals surface area (Å²) < 4.78 is 20.6. The fraction of sp³-hybridized carbons (Fsp3) is 0.147. The van der Waals surface area contributed by atoms with Gasteiger partial charge in [0.25, 0.3) is 17.7 Å². The first-order valence-corrected chi connectivity index (χ1v) is 15.0. The van der Waals surface area contributed by atoms with Crippen LogP contribution in [0.3, 0.4) is 0 Å². The van der Waals surface area contributed by atoms with Crippen molar-refractivity contribution in [1.82, 2.24) is 30.2 Å². The van der Waals surface area contributed by atoms with Crippen LogP contribution in [0.25, 0.3) is 16.8 Å². The molecule has 0 unspecified atom stereocenters. The highest BCUT2D eigenvalue weighted by atomic mass is 35.5. The normalized spacial score (nSPS) is 13.8. The molecule has 242 valence electrons. The van der Waals surface area contributed by atoms with Crippen LogP contribution in [0.5, 0.6) is 0 Å². The zero-order valence-corrected chi connectivity index (χ0v) is 26.4. The van der Waals surface area contributed by atoms with Crippen molar-refractivity contribution in [1.29, 1.82) is 0 Å². The quantitative estimate of drug-likeness (QED) is 0.239. The van der Waals surface area contributed by atoms with Gasteiger partial charge in [0.1, 0.15) is 17.4 Å². The second-order valence-corrected chi connectivity index (χ2v) is 11.1. The molecule has 1 aliphatic heterocycles. The zero-order chi connectivity index (χ0) is 33.9. The molecule has 3 amide bonds. The first-order chi connectivity index (χ1) is 23.2. The van der Waals surface area contributed by atoms with E-state index in [4.69, 9.17) is 16.3 Å². The van der Waals surface area contributed by atoms with E-state index in [1.54, 1.807) is 48.7 Å². The van der Waals surface area contributed by atoms with Gasteiger partial charge in [-0.05, 0) is 65.6 Å². The lowest BCUT2D eigenvalue weighted by Gasteiger charge is -2.37. The molecular weight excluding hydrogens is 641 g/mol. The molecule has 0 spiro atoms. The van der Waals surface area contributed by atoms with Crippen LogP contribution < -0.4 is 10.6 Å². The topological polar surface area (TPSA) is 148 Å². The number of carbonyl (C=O) groups excluding carboxylic acids is 4. The summed E-state index contributed by atoms with van der Waals surface area (Å²) in [6, 6.07) is 18.2. The van der Waals surface area contributed by atoms with Gasteiger partial charge in [0.05, 0.1) is 23.9 Å². The van der Waals surface area contributed by atoms with Gasteiger partial charge in [-0.25, -0.2) is 13.9 Å². The van der Waals surface area contributed by atoms with E-state index in [0.29, 0.717) is 23.2 Å². The van der Waals surface area contributed by atoms with E-state index in [2.05, 4.69) is 25.9 Å².